The summed E-state index contributed by atoms with van der Waals surface area (Å²) in [6.45, 7) is -0.284. The zero-order chi connectivity index (χ0) is 23.4. The van der Waals surface area contributed by atoms with Gasteiger partial charge < -0.3 is 25.7 Å². The van der Waals surface area contributed by atoms with Crippen molar-refractivity contribution in [2.24, 2.45) is 5.16 Å². The lowest BCUT2D eigenvalue weighted by molar-refractivity contribution is -0.150. The average molecular weight is 487 g/mol. The molecule has 2 amide bonds. The fourth-order valence-electron chi connectivity index (χ4n) is 2.94. The van der Waals surface area contributed by atoms with Crippen LogP contribution in [0.4, 0.5) is 9.52 Å². The van der Waals surface area contributed by atoms with Gasteiger partial charge in [0.05, 0.1) is 0 Å². The summed E-state index contributed by atoms with van der Waals surface area (Å²) < 4.78 is 17.2. The minimum absolute atomic E-state index is 0.0820. The van der Waals surface area contributed by atoms with Gasteiger partial charge in [-0.25, -0.2) is 14.2 Å². The number of β-lactam (4-membered cyclic amide) rings is 1. The zero-order valence-corrected chi connectivity index (χ0v) is 18.2. The van der Waals surface area contributed by atoms with E-state index in [4.69, 9.17) is 15.3 Å². The summed E-state index contributed by atoms with van der Waals surface area (Å²) in [7, 11) is 0. The maximum atomic E-state index is 12.8. The van der Waals surface area contributed by atoms with Crippen molar-refractivity contribution >= 4 is 57.7 Å². The van der Waals surface area contributed by atoms with Crippen LogP contribution in [-0.4, -0.2) is 81.5 Å². The first kappa shape index (κ1) is 23.5. The molecule has 1 saturated heterocycles. The molecule has 0 bridgehead atoms. The topological polar surface area (TPSA) is 174 Å². The molecule has 1 fully saturated rings. The van der Waals surface area contributed by atoms with Crippen molar-refractivity contribution in [3.63, 3.8) is 0 Å². The Bertz CT molecular complexity index is 1010. The zero-order valence-electron chi connectivity index (χ0n) is 16.6. The first-order valence-corrected chi connectivity index (χ1v) is 11.0. The predicted octanol–water partition coefficient (Wildman–Crippen LogP) is -0.283. The number of anilines is 1. The number of carboxylic acid groups (broad SMARTS) is 1. The van der Waals surface area contributed by atoms with Crippen LogP contribution in [0.3, 0.4) is 0 Å². The summed E-state index contributed by atoms with van der Waals surface area (Å²) in [5.41, 5.74) is 5.35. The molecule has 12 nitrogen and oxygen atoms in total. The number of esters is 1. The van der Waals surface area contributed by atoms with E-state index in [1.165, 1.54) is 24.1 Å². The number of aromatic nitrogens is 1. The largest absolute Gasteiger partial charge is 0.477 e. The predicted molar refractivity (Wildman–Crippen MR) is 111 cm³/mol. The Morgan fingerprint density at radius 2 is 2.22 bits per heavy atom. The second-order valence-electron chi connectivity index (χ2n) is 6.43. The van der Waals surface area contributed by atoms with E-state index >= 15 is 0 Å². The molecular weight excluding hydrogens is 469 g/mol. The van der Waals surface area contributed by atoms with Crippen LogP contribution in [0.1, 0.15) is 12.6 Å². The number of nitrogens with zero attached hydrogens (tertiary/aromatic N) is 3. The third-order valence-corrected chi connectivity index (χ3v) is 6.30. The Kier molecular flexibility index (Phi) is 7.29. The van der Waals surface area contributed by atoms with Crippen molar-refractivity contribution in [3.05, 3.63) is 22.3 Å². The van der Waals surface area contributed by atoms with E-state index in [1.807, 2.05) is 0 Å². The maximum Gasteiger partial charge on any atom is 0.352 e. The van der Waals surface area contributed by atoms with Crippen molar-refractivity contribution < 1.29 is 38.2 Å². The molecule has 4 N–H and O–H groups in total. The minimum Gasteiger partial charge on any atom is -0.477 e. The number of nitrogens with one attached hydrogen (secondary N) is 1. The molecule has 1 aromatic heterocycles. The second kappa shape index (κ2) is 9.95. The molecule has 0 unspecified atom stereocenters. The Hall–Kier alpha value is -3.20. The van der Waals surface area contributed by atoms with Crippen molar-refractivity contribution in [2.45, 2.75) is 18.3 Å². The summed E-state index contributed by atoms with van der Waals surface area (Å²) in [6.07, 6.45) is 0. The van der Waals surface area contributed by atoms with Crippen molar-refractivity contribution in [3.8, 4) is 0 Å². The molecule has 3 rings (SSSR count). The number of hydrogen-bond acceptors (Lipinski definition) is 11. The normalized spacial score (nSPS) is 20.4. The van der Waals surface area contributed by atoms with Crippen LogP contribution < -0.4 is 11.1 Å². The van der Waals surface area contributed by atoms with Crippen molar-refractivity contribution in [1.82, 2.24) is 15.2 Å². The Morgan fingerprint density at radius 1 is 1.47 bits per heavy atom. The molecule has 2 aliphatic heterocycles. The number of alkyl halides is 1. The van der Waals surface area contributed by atoms with Gasteiger partial charge in [-0.05, 0) is 0 Å². The molecule has 0 spiro atoms. The molecule has 0 aliphatic carbocycles. The summed E-state index contributed by atoms with van der Waals surface area (Å²) in [4.78, 5) is 58.0. The molecule has 2 aliphatic rings. The van der Waals surface area contributed by atoms with E-state index in [0.29, 0.717) is 0 Å². The first-order valence-electron chi connectivity index (χ1n) is 9.06. The van der Waals surface area contributed by atoms with Crippen LogP contribution in [0, 0.1) is 0 Å². The lowest BCUT2D eigenvalue weighted by atomic mass is 10.0. The number of aliphatic carboxylic acids is 1. The number of ether oxygens (including phenoxy) is 1. The van der Waals surface area contributed by atoms with E-state index < -0.39 is 41.8 Å². The fourth-order valence-corrected chi connectivity index (χ4v) is 4.81. The van der Waals surface area contributed by atoms with Gasteiger partial charge >= 0.3 is 11.9 Å². The highest BCUT2D eigenvalue weighted by Crippen LogP contribution is 2.40. The average Bonchev–Trinajstić information content (AvgIpc) is 3.18. The van der Waals surface area contributed by atoms with E-state index in [0.717, 1.165) is 16.2 Å². The van der Waals surface area contributed by atoms with Crippen LogP contribution in [0.5, 0.6) is 0 Å². The molecular formula is C17H18FN5O7S2. The number of thioether (sulfide) groups is 1. The molecule has 2 atom stereocenters. The van der Waals surface area contributed by atoms with Crippen LogP contribution in [0.25, 0.3) is 0 Å². The quantitative estimate of drug-likeness (QED) is 0.138. The number of amides is 2. The molecule has 0 saturated carbocycles. The van der Waals surface area contributed by atoms with E-state index in [1.54, 1.807) is 0 Å². The highest BCUT2D eigenvalue weighted by molar-refractivity contribution is 8.00. The van der Waals surface area contributed by atoms with Gasteiger partial charge in [-0.3, -0.25) is 19.3 Å². The van der Waals surface area contributed by atoms with Crippen molar-refractivity contribution in [1.29, 1.82) is 0 Å². The number of carboxylic acids is 1. The molecule has 0 radical (unpaired) electrons. The monoisotopic (exact) mass is 487 g/mol. The van der Waals surface area contributed by atoms with Gasteiger partial charge in [0.1, 0.15) is 42.7 Å². The Balaban J connectivity index is 1.77. The summed E-state index contributed by atoms with van der Waals surface area (Å²) in [6, 6.07) is -1.04. The summed E-state index contributed by atoms with van der Waals surface area (Å²) in [5.74, 6) is -3.23. The van der Waals surface area contributed by atoms with Gasteiger partial charge in [0.25, 0.3) is 11.8 Å². The Morgan fingerprint density at radius 3 is 2.81 bits per heavy atom. The standard InChI is InChI=1S/C17H18FN5O7S2/c1-7(24)29-4-8-5-31-15-11(14(26)23(15)12(8)16(27)28)21-13(25)10(22-30-3-2-18)9-6-32-17(19)20-9/h6,11,15H,2-5H2,1H3,(H2,19,20)(H,21,25)(H,27,28)/b22-10-/t11-,15-/m1/s1. The summed E-state index contributed by atoms with van der Waals surface area (Å²) >= 11 is 2.25. The molecule has 1 aromatic rings. The van der Waals surface area contributed by atoms with Crippen LogP contribution in [-0.2, 0) is 28.8 Å². The number of rotatable bonds is 9. The van der Waals surface area contributed by atoms with Gasteiger partial charge in [-0.1, -0.05) is 5.16 Å². The third-order valence-electron chi connectivity index (χ3n) is 4.29. The van der Waals surface area contributed by atoms with Gasteiger partial charge in [0.15, 0.2) is 10.8 Å². The second-order valence-corrected chi connectivity index (χ2v) is 8.43. The first-order chi connectivity index (χ1) is 15.2. The maximum absolute atomic E-state index is 12.8. The van der Waals surface area contributed by atoms with Crippen molar-refractivity contribution in [2.75, 3.05) is 31.4 Å². The highest BCUT2D eigenvalue weighted by Gasteiger charge is 2.54. The number of carbonyl (C=O) groups is 4. The van der Waals surface area contributed by atoms with Crippen LogP contribution in [0.2, 0.25) is 0 Å². The summed E-state index contributed by atoms with van der Waals surface area (Å²) in [5, 5.41) is 16.6. The van der Waals surface area contributed by atoms with Gasteiger partial charge in [-0.2, -0.15) is 0 Å². The lowest BCUT2D eigenvalue weighted by Crippen LogP contribution is -2.71. The fraction of sp³-hybridized carbons (Fsp3) is 0.412. The number of nitrogens with two attached hydrogens (primary N) is 1. The van der Waals surface area contributed by atoms with E-state index in [9.17, 15) is 28.7 Å². The number of oxime groups is 1. The van der Waals surface area contributed by atoms with Crippen LogP contribution >= 0.6 is 23.1 Å². The number of hydrogen-bond donors (Lipinski definition) is 3. The van der Waals surface area contributed by atoms with Gasteiger partial charge in [0, 0.05) is 23.6 Å². The molecule has 32 heavy (non-hydrogen) atoms. The van der Waals surface area contributed by atoms with E-state index in [-0.39, 0.29) is 46.8 Å². The number of thiazole rings is 1. The molecule has 3 heterocycles. The SMILES string of the molecule is CC(=O)OCC1=C(C(=O)O)N2C(=O)[C@@H](NC(=O)/C(=N\OCCF)c3csc(N)n3)[C@H]2SC1. The number of halogens is 1. The van der Waals surface area contributed by atoms with Gasteiger partial charge in [-0.15, -0.1) is 23.1 Å². The number of nitrogen functional groups attached to an aromatic ring is 1. The molecule has 172 valence electrons. The minimum atomic E-state index is -1.35. The third kappa shape index (κ3) is 4.83. The van der Waals surface area contributed by atoms with Crippen LogP contribution in [0.15, 0.2) is 21.8 Å². The number of fused-ring (bicyclic) bond motifs is 1. The van der Waals surface area contributed by atoms with Gasteiger partial charge in [0.2, 0.25) is 0 Å². The number of carbonyl (C=O) groups excluding carboxylic acids is 3. The Labute approximate surface area is 188 Å². The molecule has 15 heteroatoms. The molecule has 0 aromatic carbocycles. The smallest absolute Gasteiger partial charge is 0.352 e. The van der Waals surface area contributed by atoms with E-state index in [2.05, 4.69) is 15.5 Å². The lowest BCUT2D eigenvalue weighted by Gasteiger charge is -2.49. The highest BCUT2D eigenvalue weighted by atomic mass is 32.2.